The van der Waals surface area contributed by atoms with E-state index in [2.05, 4.69) is 27.6 Å². The van der Waals surface area contributed by atoms with Crippen molar-refractivity contribution < 1.29 is 19.0 Å². The van der Waals surface area contributed by atoms with Crippen molar-refractivity contribution in [3.63, 3.8) is 0 Å². The van der Waals surface area contributed by atoms with Gasteiger partial charge in [-0.25, -0.2) is 9.78 Å². The Bertz CT molecular complexity index is 565. The van der Waals surface area contributed by atoms with Crippen molar-refractivity contribution in [1.29, 1.82) is 0 Å². The zero-order chi connectivity index (χ0) is 17.0. The largest absolute Gasteiger partial charge is 0.488 e. The van der Waals surface area contributed by atoms with Crippen LogP contribution in [-0.4, -0.2) is 54.0 Å². The summed E-state index contributed by atoms with van der Waals surface area (Å²) in [5.41, 5.74) is -0.507. The van der Waals surface area contributed by atoms with Crippen LogP contribution < -0.4 is 4.74 Å². The summed E-state index contributed by atoms with van der Waals surface area (Å²) in [6.45, 7) is 7.30. The summed E-state index contributed by atoms with van der Waals surface area (Å²) in [5, 5.41) is 0.423. The molecule has 0 N–H and O–H groups in total. The Balaban J connectivity index is 1.87. The minimum Gasteiger partial charge on any atom is -0.488 e. The van der Waals surface area contributed by atoms with E-state index in [1.54, 1.807) is 17.2 Å². The van der Waals surface area contributed by atoms with Crippen molar-refractivity contribution in [2.24, 2.45) is 0 Å². The molecule has 0 radical (unpaired) electrons. The molecular weight excluding hydrogens is 435 g/mol. The Labute approximate surface area is 154 Å². The molecule has 0 aliphatic carbocycles. The fraction of sp³-hybridized carbons (Fsp3) is 0.600. The number of halogens is 2. The van der Waals surface area contributed by atoms with Gasteiger partial charge in [-0.3, -0.25) is 0 Å². The maximum atomic E-state index is 12.1. The lowest BCUT2D eigenvalue weighted by Gasteiger charge is -2.34. The predicted octanol–water partition coefficient (Wildman–Crippen LogP) is 3.35. The molecular formula is C15H20ClIN2O4. The Morgan fingerprint density at radius 1 is 1.57 bits per heavy atom. The van der Waals surface area contributed by atoms with Crippen LogP contribution in [-0.2, 0) is 9.47 Å². The van der Waals surface area contributed by atoms with Gasteiger partial charge in [-0.2, -0.15) is 0 Å². The monoisotopic (exact) mass is 454 g/mol. The van der Waals surface area contributed by atoms with Gasteiger partial charge in [0.1, 0.15) is 23.5 Å². The van der Waals surface area contributed by atoms with E-state index in [9.17, 15) is 4.79 Å². The van der Waals surface area contributed by atoms with Crippen molar-refractivity contribution in [3.05, 3.63) is 21.0 Å². The van der Waals surface area contributed by atoms with E-state index in [1.807, 2.05) is 20.8 Å². The molecule has 1 aromatic rings. The van der Waals surface area contributed by atoms with Gasteiger partial charge in [0.15, 0.2) is 5.75 Å². The highest BCUT2D eigenvalue weighted by Gasteiger charge is 2.28. The Hall–Kier alpha value is -0.800. The molecule has 0 unspecified atom stereocenters. The second kappa shape index (κ2) is 7.85. The number of morpholine rings is 1. The molecule has 0 aromatic carbocycles. The summed E-state index contributed by atoms with van der Waals surface area (Å²) in [6, 6.07) is 1.73. The normalized spacial score (nSPS) is 18.7. The lowest BCUT2D eigenvalue weighted by Crippen LogP contribution is -2.49. The van der Waals surface area contributed by atoms with Crippen molar-refractivity contribution in [1.82, 2.24) is 9.88 Å². The van der Waals surface area contributed by atoms with Crippen LogP contribution in [0.25, 0.3) is 0 Å². The number of hydrogen-bond donors (Lipinski definition) is 0. The molecule has 6 nitrogen and oxygen atoms in total. The first-order chi connectivity index (χ1) is 10.7. The summed E-state index contributed by atoms with van der Waals surface area (Å²) >= 11 is 7.95. The van der Waals surface area contributed by atoms with Gasteiger partial charge in [0, 0.05) is 6.54 Å². The molecule has 1 aromatic heterocycles. The van der Waals surface area contributed by atoms with E-state index in [0.29, 0.717) is 37.2 Å². The topological polar surface area (TPSA) is 60.9 Å². The Kier molecular flexibility index (Phi) is 6.33. The van der Waals surface area contributed by atoms with Gasteiger partial charge in [0.05, 0.1) is 22.9 Å². The van der Waals surface area contributed by atoms with E-state index in [4.69, 9.17) is 25.8 Å². The molecule has 0 bridgehead atoms. The van der Waals surface area contributed by atoms with Crippen LogP contribution in [0.3, 0.4) is 0 Å². The summed E-state index contributed by atoms with van der Waals surface area (Å²) < 4.78 is 17.6. The van der Waals surface area contributed by atoms with Crippen molar-refractivity contribution >= 4 is 40.3 Å². The van der Waals surface area contributed by atoms with Gasteiger partial charge < -0.3 is 19.1 Å². The zero-order valence-electron chi connectivity index (χ0n) is 13.3. The van der Waals surface area contributed by atoms with E-state index in [-0.39, 0.29) is 12.2 Å². The van der Waals surface area contributed by atoms with Gasteiger partial charge in [0.2, 0.25) is 0 Å². The molecule has 1 saturated heterocycles. The van der Waals surface area contributed by atoms with E-state index in [1.165, 1.54) is 0 Å². The highest BCUT2D eigenvalue weighted by Crippen LogP contribution is 2.23. The number of nitrogens with zero attached hydrogens (tertiary/aromatic N) is 2. The predicted molar refractivity (Wildman–Crippen MR) is 95.0 cm³/mol. The third-order valence-electron chi connectivity index (χ3n) is 3.00. The number of amides is 1. The fourth-order valence-corrected chi connectivity index (χ4v) is 2.93. The van der Waals surface area contributed by atoms with E-state index >= 15 is 0 Å². The molecule has 23 heavy (non-hydrogen) atoms. The first-order valence-corrected chi connectivity index (χ1v) is 8.73. The van der Waals surface area contributed by atoms with Crippen LogP contribution in [0.2, 0.25) is 5.15 Å². The SMILES string of the molecule is CC(C)(C)OC(=O)N1CCO[C@H](COc2cnc(Cl)cc2I)C1. The average Bonchev–Trinajstić information content (AvgIpc) is 2.45. The Morgan fingerprint density at radius 2 is 2.30 bits per heavy atom. The third kappa shape index (κ3) is 5.96. The second-order valence-electron chi connectivity index (χ2n) is 6.17. The van der Waals surface area contributed by atoms with Gasteiger partial charge in [-0.1, -0.05) is 11.6 Å². The minimum absolute atomic E-state index is 0.206. The fourth-order valence-electron chi connectivity index (χ4n) is 2.00. The molecule has 1 aliphatic heterocycles. The maximum Gasteiger partial charge on any atom is 0.410 e. The molecule has 1 atom stereocenters. The first kappa shape index (κ1) is 18.5. The number of rotatable bonds is 3. The number of hydrogen-bond acceptors (Lipinski definition) is 5. The molecule has 2 rings (SSSR count). The first-order valence-electron chi connectivity index (χ1n) is 7.28. The minimum atomic E-state index is -0.507. The molecule has 2 heterocycles. The Morgan fingerprint density at radius 3 is 2.96 bits per heavy atom. The van der Waals surface area contributed by atoms with E-state index in [0.717, 1.165) is 3.57 Å². The summed E-state index contributed by atoms with van der Waals surface area (Å²) in [4.78, 5) is 17.8. The van der Waals surface area contributed by atoms with Gasteiger partial charge in [0.25, 0.3) is 0 Å². The molecule has 1 aliphatic rings. The van der Waals surface area contributed by atoms with Crippen LogP contribution in [0.4, 0.5) is 4.79 Å². The summed E-state index contributed by atoms with van der Waals surface area (Å²) in [6.07, 6.45) is 1.05. The van der Waals surface area contributed by atoms with Crippen molar-refractivity contribution in [2.75, 3.05) is 26.3 Å². The van der Waals surface area contributed by atoms with Crippen LogP contribution in [0, 0.1) is 3.57 Å². The maximum absolute atomic E-state index is 12.1. The summed E-state index contributed by atoms with van der Waals surface area (Å²) in [7, 11) is 0. The van der Waals surface area contributed by atoms with Crippen LogP contribution in [0.1, 0.15) is 20.8 Å². The number of pyridine rings is 1. The highest BCUT2D eigenvalue weighted by atomic mass is 127. The lowest BCUT2D eigenvalue weighted by molar-refractivity contribution is -0.0558. The molecule has 1 amide bonds. The number of carbonyl (C=O) groups is 1. The third-order valence-corrected chi connectivity index (χ3v) is 4.05. The van der Waals surface area contributed by atoms with Crippen LogP contribution in [0.5, 0.6) is 5.75 Å². The van der Waals surface area contributed by atoms with Gasteiger partial charge in [-0.05, 0) is 49.4 Å². The molecule has 128 valence electrons. The molecule has 1 fully saturated rings. The van der Waals surface area contributed by atoms with Crippen molar-refractivity contribution in [2.45, 2.75) is 32.5 Å². The smallest absolute Gasteiger partial charge is 0.410 e. The second-order valence-corrected chi connectivity index (χ2v) is 7.72. The standard InChI is InChI=1S/C15H20ClIN2O4/c1-15(2,3)23-14(20)19-4-5-21-10(8-19)9-22-12-7-18-13(16)6-11(12)17/h6-7,10H,4-5,8-9H2,1-3H3/t10-/m0/s1. The van der Waals surface area contributed by atoms with E-state index < -0.39 is 5.60 Å². The van der Waals surface area contributed by atoms with Gasteiger partial charge >= 0.3 is 6.09 Å². The number of ether oxygens (including phenoxy) is 3. The highest BCUT2D eigenvalue weighted by molar-refractivity contribution is 14.1. The molecule has 8 heteroatoms. The molecule has 0 spiro atoms. The zero-order valence-corrected chi connectivity index (χ0v) is 16.3. The quantitative estimate of drug-likeness (QED) is 0.518. The average molecular weight is 455 g/mol. The van der Waals surface area contributed by atoms with Crippen LogP contribution >= 0.6 is 34.2 Å². The number of aromatic nitrogens is 1. The number of carbonyl (C=O) groups excluding carboxylic acids is 1. The van der Waals surface area contributed by atoms with Crippen molar-refractivity contribution in [3.8, 4) is 5.75 Å². The van der Waals surface area contributed by atoms with Gasteiger partial charge in [-0.15, -0.1) is 0 Å². The lowest BCUT2D eigenvalue weighted by atomic mass is 10.2. The molecule has 0 saturated carbocycles. The van der Waals surface area contributed by atoms with Crippen LogP contribution in [0.15, 0.2) is 12.3 Å². The summed E-state index contributed by atoms with van der Waals surface area (Å²) in [5.74, 6) is 0.646.